The van der Waals surface area contributed by atoms with Crippen LogP contribution >= 0.6 is 22.9 Å². The van der Waals surface area contributed by atoms with Gasteiger partial charge < -0.3 is 15.3 Å². The molecule has 0 bridgehead atoms. The maximum absolute atomic E-state index is 12.5. The number of hydrogen-bond donors (Lipinski definition) is 2. The van der Waals surface area contributed by atoms with Crippen LogP contribution in [0, 0.1) is 0 Å². The molecule has 1 fully saturated rings. The van der Waals surface area contributed by atoms with Gasteiger partial charge in [0.1, 0.15) is 5.15 Å². The van der Waals surface area contributed by atoms with Crippen molar-refractivity contribution in [1.29, 1.82) is 0 Å². The summed E-state index contributed by atoms with van der Waals surface area (Å²) in [6.07, 6.45) is 3.58. The van der Waals surface area contributed by atoms with Crippen LogP contribution in [0.5, 0.6) is 0 Å². The number of nitrogens with one attached hydrogen (secondary N) is 1. The standard InChI is InChI=1S/C19H16ClN5O3S/c20-15-9-14(22-12-5-3-11(4-6-12)19(27)28)13(10-21-15)16-23-24-17(29-16)18(26)25-7-1-2-8-25/h3-6,9-10H,1-2,7-8H2,(H,21,22)(H,27,28). The van der Waals surface area contributed by atoms with Crippen molar-refractivity contribution < 1.29 is 14.7 Å². The first kappa shape index (κ1) is 19.3. The molecule has 1 aliphatic heterocycles. The summed E-state index contributed by atoms with van der Waals surface area (Å²) in [5.74, 6) is -1.10. The molecular weight excluding hydrogens is 414 g/mol. The van der Waals surface area contributed by atoms with E-state index in [4.69, 9.17) is 16.7 Å². The molecule has 1 aliphatic rings. The Hall–Kier alpha value is -3.04. The zero-order valence-electron chi connectivity index (χ0n) is 15.1. The Bertz CT molecular complexity index is 1060. The maximum atomic E-state index is 12.5. The van der Waals surface area contributed by atoms with E-state index >= 15 is 0 Å². The van der Waals surface area contributed by atoms with Crippen molar-refractivity contribution in [3.8, 4) is 10.6 Å². The second kappa shape index (κ2) is 8.14. The quantitative estimate of drug-likeness (QED) is 0.591. The third-order valence-corrected chi connectivity index (χ3v) is 5.66. The summed E-state index contributed by atoms with van der Waals surface area (Å²) in [6.45, 7) is 1.49. The lowest BCUT2D eigenvalue weighted by atomic mass is 10.2. The molecule has 0 unspecified atom stereocenters. The van der Waals surface area contributed by atoms with Crippen molar-refractivity contribution in [2.24, 2.45) is 0 Å². The molecule has 2 N–H and O–H groups in total. The van der Waals surface area contributed by atoms with E-state index in [2.05, 4.69) is 20.5 Å². The highest BCUT2D eigenvalue weighted by atomic mass is 35.5. The SMILES string of the molecule is O=C(O)c1ccc(Nc2cc(Cl)ncc2-c2nnc(C(=O)N3CCCC3)s2)cc1. The van der Waals surface area contributed by atoms with Crippen molar-refractivity contribution in [1.82, 2.24) is 20.1 Å². The highest BCUT2D eigenvalue weighted by Crippen LogP contribution is 2.33. The Balaban J connectivity index is 1.61. The Morgan fingerprint density at radius 1 is 1.14 bits per heavy atom. The number of carboxylic acid groups (broad SMARTS) is 1. The van der Waals surface area contributed by atoms with Crippen molar-refractivity contribution >= 4 is 46.2 Å². The number of hydrogen-bond acceptors (Lipinski definition) is 7. The van der Waals surface area contributed by atoms with Gasteiger partial charge in [0.05, 0.1) is 16.8 Å². The Morgan fingerprint density at radius 3 is 2.55 bits per heavy atom. The van der Waals surface area contributed by atoms with Gasteiger partial charge in [0.25, 0.3) is 5.91 Å². The van der Waals surface area contributed by atoms with Crippen LogP contribution in [0.1, 0.15) is 33.0 Å². The zero-order chi connectivity index (χ0) is 20.4. The van der Waals surface area contributed by atoms with Gasteiger partial charge in [-0.15, -0.1) is 10.2 Å². The maximum Gasteiger partial charge on any atom is 0.335 e. The molecule has 0 aliphatic carbocycles. The minimum absolute atomic E-state index is 0.105. The molecule has 2 aromatic heterocycles. The smallest absolute Gasteiger partial charge is 0.335 e. The first-order chi connectivity index (χ1) is 14.0. The summed E-state index contributed by atoms with van der Waals surface area (Å²) in [4.78, 5) is 29.5. The lowest BCUT2D eigenvalue weighted by Gasteiger charge is -2.12. The van der Waals surface area contributed by atoms with E-state index in [1.807, 2.05) is 0 Å². The molecule has 0 saturated carbocycles. The predicted molar refractivity (Wildman–Crippen MR) is 110 cm³/mol. The molecule has 29 heavy (non-hydrogen) atoms. The molecule has 1 aromatic carbocycles. The summed E-state index contributed by atoms with van der Waals surface area (Å²) in [5, 5.41) is 21.6. The zero-order valence-corrected chi connectivity index (χ0v) is 16.7. The summed E-state index contributed by atoms with van der Waals surface area (Å²) >= 11 is 7.26. The van der Waals surface area contributed by atoms with Crippen molar-refractivity contribution in [3.05, 3.63) is 52.3 Å². The number of aromatic carboxylic acids is 1. The number of halogens is 1. The van der Waals surface area contributed by atoms with Gasteiger partial charge >= 0.3 is 5.97 Å². The van der Waals surface area contributed by atoms with Crippen molar-refractivity contribution in [3.63, 3.8) is 0 Å². The average Bonchev–Trinajstić information content (AvgIpc) is 3.40. The predicted octanol–water partition coefficient (Wildman–Crippen LogP) is 3.93. The molecule has 10 heteroatoms. The fraction of sp³-hybridized carbons (Fsp3) is 0.211. The molecule has 1 amide bonds. The second-order valence-corrected chi connectivity index (χ2v) is 7.84. The topological polar surface area (TPSA) is 108 Å². The number of pyridine rings is 1. The number of amides is 1. The van der Waals surface area contributed by atoms with Crippen LogP contribution in [0.15, 0.2) is 36.5 Å². The van der Waals surface area contributed by atoms with Gasteiger partial charge in [-0.25, -0.2) is 9.78 Å². The summed E-state index contributed by atoms with van der Waals surface area (Å²) in [6, 6.07) is 7.97. The molecule has 148 valence electrons. The van der Waals surface area contributed by atoms with Crippen LogP contribution in [-0.2, 0) is 0 Å². The summed E-state index contributed by atoms with van der Waals surface area (Å²) in [5.41, 5.74) is 2.15. The molecular formula is C19H16ClN5O3S. The molecule has 0 spiro atoms. The van der Waals surface area contributed by atoms with E-state index in [0.29, 0.717) is 27.0 Å². The number of benzene rings is 1. The minimum Gasteiger partial charge on any atom is -0.478 e. The third-order valence-electron chi connectivity index (χ3n) is 4.51. The Morgan fingerprint density at radius 2 is 1.86 bits per heavy atom. The van der Waals surface area contributed by atoms with Crippen LogP contribution in [-0.4, -0.2) is 50.2 Å². The van der Waals surface area contributed by atoms with Gasteiger partial charge in [0.15, 0.2) is 5.01 Å². The second-order valence-electron chi connectivity index (χ2n) is 6.47. The molecule has 0 atom stereocenters. The van der Waals surface area contributed by atoms with Crippen LogP contribution in [0.4, 0.5) is 11.4 Å². The van der Waals surface area contributed by atoms with Crippen LogP contribution < -0.4 is 5.32 Å². The van der Waals surface area contributed by atoms with Crippen molar-refractivity contribution in [2.45, 2.75) is 12.8 Å². The number of carbonyl (C=O) groups is 2. The van der Waals surface area contributed by atoms with Crippen LogP contribution in [0.3, 0.4) is 0 Å². The van der Waals surface area contributed by atoms with E-state index in [9.17, 15) is 9.59 Å². The summed E-state index contributed by atoms with van der Waals surface area (Å²) < 4.78 is 0. The fourth-order valence-corrected chi connectivity index (χ4v) is 4.02. The van der Waals surface area contributed by atoms with E-state index in [0.717, 1.165) is 25.9 Å². The van der Waals surface area contributed by atoms with Gasteiger partial charge in [0, 0.05) is 25.0 Å². The monoisotopic (exact) mass is 429 g/mol. The van der Waals surface area contributed by atoms with E-state index in [1.165, 1.54) is 23.5 Å². The number of nitrogens with zero attached hydrogens (tertiary/aromatic N) is 4. The normalized spacial score (nSPS) is 13.5. The van der Waals surface area contributed by atoms with E-state index in [1.54, 1.807) is 29.3 Å². The molecule has 0 radical (unpaired) electrons. The highest BCUT2D eigenvalue weighted by molar-refractivity contribution is 7.16. The van der Waals surface area contributed by atoms with Gasteiger partial charge in [-0.2, -0.15) is 0 Å². The van der Waals surface area contributed by atoms with E-state index in [-0.39, 0.29) is 16.6 Å². The van der Waals surface area contributed by atoms with Gasteiger partial charge in [-0.1, -0.05) is 22.9 Å². The first-order valence-electron chi connectivity index (χ1n) is 8.90. The third kappa shape index (κ3) is 4.20. The number of carboxylic acids is 1. The number of carbonyl (C=O) groups excluding carboxylic acids is 1. The van der Waals surface area contributed by atoms with Gasteiger partial charge in [0.2, 0.25) is 5.01 Å². The molecule has 1 saturated heterocycles. The Kier molecular flexibility index (Phi) is 5.41. The van der Waals surface area contributed by atoms with Gasteiger partial charge in [-0.3, -0.25) is 4.79 Å². The van der Waals surface area contributed by atoms with Crippen LogP contribution in [0.2, 0.25) is 5.15 Å². The van der Waals surface area contributed by atoms with Crippen LogP contribution in [0.25, 0.3) is 10.6 Å². The Labute approximate surface area is 175 Å². The highest BCUT2D eigenvalue weighted by Gasteiger charge is 2.24. The lowest BCUT2D eigenvalue weighted by molar-refractivity contribution is 0.0696. The average molecular weight is 430 g/mol. The number of likely N-dealkylation sites (tertiary alicyclic amines) is 1. The first-order valence-corrected chi connectivity index (χ1v) is 10.1. The fourth-order valence-electron chi connectivity index (χ4n) is 3.03. The molecule has 3 heterocycles. The lowest BCUT2D eigenvalue weighted by Crippen LogP contribution is -2.27. The van der Waals surface area contributed by atoms with E-state index < -0.39 is 5.97 Å². The van der Waals surface area contributed by atoms with Gasteiger partial charge in [-0.05, 0) is 43.2 Å². The van der Waals surface area contributed by atoms with Crippen molar-refractivity contribution in [2.75, 3.05) is 18.4 Å². The number of anilines is 2. The largest absolute Gasteiger partial charge is 0.478 e. The molecule has 8 nitrogen and oxygen atoms in total. The molecule has 4 rings (SSSR count). The summed E-state index contributed by atoms with van der Waals surface area (Å²) in [7, 11) is 0. The number of aromatic nitrogens is 3. The number of rotatable bonds is 5. The molecule has 3 aromatic rings. The minimum atomic E-state index is -0.992.